The highest BCUT2D eigenvalue weighted by Crippen LogP contribution is 2.19. The number of benzene rings is 2. The molecule has 0 spiro atoms. The summed E-state index contributed by atoms with van der Waals surface area (Å²) in [5, 5.41) is 13.4. The Bertz CT molecular complexity index is 1310. The molecule has 2 aromatic carbocycles. The quantitative estimate of drug-likeness (QED) is 0.342. The predicted octanol–water partition coefficient (Wildman–Crippen LogP) is 3.15. The van der Waals surface area contributed by atoms with Crippen LogP contribution in [0.1, 0.15) is 11.4 Å². The molecule has 0 radical (unpaired) electrons. The first kappa shape index (κ1) is 17.0. The van der Waals surface area contributed by atoms with Gasteiger partial charge in [-0.25, -0.2) is 23.6 Å². The fourth-order valence-electron chi connectivity index (χ4n) is 2.93. The average molecular weight is 387 g/mol. The van der Waals surface area contributed by atoms with Crippen molar-refractivity contribution in [3.63, 3.8) is 0 Å². The van der Waals surface area contributed by atoms with Crippen LogP contribution in [0.25, 0.3) is 22.4 Å². The molecular formula is C20H14FN7O. The molecule has 9 heteroatoms. The van der Waals surface area contributed by atoms with Gasteiger partial charge in [-0.05, 0) is 29.8 Å². The molecule has 5 rings (SSSR count). The maximum absolute atomic E-state index is 12.9. The van der Waals surface area contributed by atoms with E-state index in [0.717, 1.165) is 16.6 Å². The Kier molecular flexibility index (Phi) is 4.17. The molecule has 3 heterocycles. The highest BCUT2D eigenvalue weighted by molar-refractivity contribution is 5.89. The van der Waals surface area contributed by atoms with Gasteiger partial charge in [0.05, 0.1) is 23.5 Å². The Morgan fingerprint density at radius 2 is 1.86 bits per heavy atom. The second kappa shape index (κ2) is 7.12. The Labute approximate surface area is 163 Å². The van der Waals surface area contributed by atoms with Gasteiger partial charge in [0.1, 0.15) is 12.1 Å². The van der Waals surface area contributed by atoms with Crippen molar-refractivity contribution in [2.24, 2.45) is 5.16 Å². The van der Waals surface area contributed by atoms with E-state index >= 15 is 0 Å². The zero-order valence-corrected chi connectivity index (χ0v) is 15.1. The molecule has 8 nitrogen and oxygen atoms in total. The lowest BCUT2D eigenvalue weighted by Gasteiger charge is -2.01. The molecule has 0 amide bonds. The van der Waals surface area contributed by atoms with Gasteiger partial charge in [0.25, 0.3) is 0 Å². The molecule has 0 aliphatic rings. The molecule has 3 aromatic heterocycles. The third-order valence-corrected chi connectivity index (χ3v) is 4.29. The van der Waals surface area contributed by atoms with Gasteiger partial charge in [-0.3, -0.25) is 0 Å². The van der Waals surface area contributed by atoms with E-state index in [9.17, 15) is 4.39 Å². The fourth-order valence-corrected chi connectivity index (χ4v) is 2.93. The van der Waals surface area contributed by atoms with E-state index < -0.39 is 0 Å². The maximum atomic E-state index is 12.9. The molecule has 0 aliphatic heterocycles. The van der Waals surface area contributed by atoms with Gasteiger partial charge >= 0.3 is 0 Å². The lowest BCUT2D eigenvalue weighted by molar-refractivity contribution is 0.126. The van der Waals surface area contributed by atoms with Gasteiger partial charge in [-0.15, -0.1) is 5.10 Å². The molecule has 0 saturated heterocycles. The summed E-state index contributed by atoms with van der Waals surface area (Å²) < 4.78 is 16.2. The van der Waals surface area contributed by atoms with Crippen LogP contribution in [-0.2, 0) is 11.4 Å². The van der Waals surface area contributed by atoms with Crippen LogP contribution in [0.2, 0.25) is 0 Å². The Morgan fingerprint density at radius 3 is 2.69 bits per heavy atom. The van der Waals surface area contributed by atoms with Crippen LogP contribution in [0.5, 0.6) is 0 Å². The Morgan fingerprint density at radius 1 is 1.03 bits per heavy atom. The molecule has 0 unspecified atom stereocenters. The van der Waals surface area contributed by atoms with Crippen LogP contribution in [-0.4, -0.2) is 35.6 Å². The van der Waals surface area contributed by atoms with Crippen molar-refractivity contribution >= 4 is 22.9 Å². The van der Waals surface area contributed by atoms with Crippen molar-refractivity contribution in [3.05, 3.63) is 84.3 Å². The molecule has 0 atom stereocenters. The monoisotopic (exact) mass is 387 g/mol. The Balaban J connectivity index is 1.38. The summed E-state index contributed by atoms with van der Waals surface area (Å²) in [7, 11) is 0. The summed E-state index contributed by atoms with van der Waals surface area (Å²) in [5.41, 5.74) is 2.97. The van der Waals surface area contributed by atoms with Crippen molar-refractivity contribution < 1.29 is 9.23 Å². The van der Waals surface area contributed by atoms with Crippen molar-refractivity contribution in [1.29, 1.82) is 0 Å². The highest BCUT2D eigenvalue weighted by Gasteiger charge is 2.13. The topological polar surface area (TPSA) is 82.5 Å². The van der Waals surface area contributed by atoms with Gasteiger partial charge in [-0.2, -0.15) is 5.10 Å². The highest BCUT2D eigenvalue weighted by atomic mass is 19.1. The molecule has 0 saturated carbocycles. The van der Waals surface area contributed by atoms with E-state index in [4.69, 9.17) is 4.84 Å². The minimum atomic E-state index is -0.299. The zero-order chi connectivity index (χ0) is 19.6. The Hall–Kier alpha value is -4.14. The minimum Gasteiger partial charge on any atom is -0.387 e. The first-order valence-corrected chi connectivity index (χ1v) is 8.82. The average Bonchev–Trinajstić information content (AvgIpc) is 3.37. The van der Waals surface area contributed by atoms with Gasteiger partial charge in [0, 0.05) is 0 Å². The number of nitrogens with zero attached hydrogens (tertiary/aromatic N) is 7. The van der Waals surface area contributed by atoms with Crippen LogP contribution in [0, 0.1) is 5.82 Å². The molecule has 0 fully saturated rings. The molecule has 0 N–H and O–H groups in total. The van der Waals surface area contributed by atoms with Crippen molar-refractivity contribution in [1.82, 2.24) is 29.4 Å². The van der Waals surface area contributed by atoms with Crippen molar-refractivity contribution in [3.8, 4) is 5.69 Å². The number of hydrogen-bond donors (Lipinski definition) is 0. The third kappa shape index (κ3) is 3.29. The fraction of sp³-hybridized carbons (Fsp3) is 0.0500. The number of hydrogen-bond acceptors (Lipinski definition) is 6. The summed E-state index contributed by atoms with van der Waals surface area (Å²) in [6.45, 7) is 0.0910. The zero-order valence-electron chi connectivity index (χ0n) is 15.1. The summed E-state index contributed by atoms with van der Waals surface area (Å²) in [6, 6.07) is 15.7. The largest absolute Gasteiger partial charge is 0.387 e. The van der Waals surface area contributed by atoms with Crippen LogP contribution >= 0.6 is 0 Å². The summed E-state index contributed by atoms with van der Waals surface area (Å²) in [5.74, 6) is 0.162. The minimum absolute atomic E-state index is 0.0910. The standard InChI is InChI=1S/C20H14FN7O/c21-15-8-6-14(7-9-15)10-24-29-12-18-25-20-17-11-23-28(16-4-2-1-3-5-16)19(17)22-13-27(20)26-18/h1-11,13H,12H2/b24-10-. The normalized spacial score (nSPS) is 11.6. The van der Waals surface area contributed by atoms with Gasteiger partial charge in [0.2, 0.25) is 0 Å². The second-order valence-electron chi connectivity index (χ2n) is 6.23. The third-order valence-electron chi connectivity index (χ3n) is 4.29. The van der Waals surface area contributed by atoms with Crippen LogP contribution in [0.15, 0.2) is 72.3 Å². The van der Waals surface area contributed by atoms with E-state index in [2.05, 4.69) is 25.3 Å². The maximum Gasteiger partial charge on any atom is 0.192 e. The number of oxime groups is 1. The van der Waals surface area contributed by atoms with Gasteiger partial charge in [0.15, 0.2) is 23.7 Å². The van der Waals surface area contributed by atoms with Crippen LogP contribution in [0.3, 0.4) is 0 Å². The first-order chi connectivity index (χ1) is 14.3. The van der Waals surface area contributed by atoms with Crippen LogP contribution in [0.4, 0.5) is 4.39 Å². The van der Waals surface area contributed by atoms with E-state index in [-0.39, 0.29) is 12.4 Å². The van der Waals surface area contributed by atoms with E-state index in [1.165, 1.54) is 18.3 Å². The molecule has 142 valence electrons. The lowest BCUT2D eigenvalue weighted by atomic mass is 10.2. The molecule has 5 aromatic rings. The van der Waals surface area contributed by atoms with Crippen LogP contribution < -0.4 is 0 Å². The summed E-state index contributed by atoms with van der Waals surface area (Å²) >= 11 is 0. The molecular weight excluding hydrogens is 373 g/mol. The first-order valence-electron chi connectivity index (χ1n) is 8.82. The van der Waals surface area contributed by atoms with Crippen molar-refractivity contribution in [2.45, 2.75) is 6.61 Å². The van der Waals surface area contributed by atoms with Crippen molar-refractivity contribution in [2.75, 3.05) is 0 Å². The number of halogens is 1. The second-order valence-corrected chi connectivity index (χ2v) is 6.23. The molecule has 0 bridgehead atoms. The number of fused-ring (bicyclic) bond motifs is 3. The van der Waals surface area contributed by atoms with Gasteiger partial charge < -0.3 is 4.84 Å². The SMILES string of the molecule is Fc1ccc(/C=N\OCc2nc3c4cnn(-c5ccccc5)c4ncn3n2)cc1. The lowest BCUT2D eigenvalue weighted by Crippen LogP contribution is -1.98. The summed E-state index contributed by atoms with van der Waals surface area (Å²) in [6.07, 6.45) is 4.81. The van der Waals surface area contributed by atoms with E-state index in [0.29, 0.717) is 17.1 Å². The molecule has 0 aliphatic carbocycles. The predicted molar refractivity (Wildman–Crippen MR) is 104 cm³/mol. The van der Waals surface area contributed by atoms with E-state index in [1.54, 1.807) is 33.9 Å². The van der Waals surface area contributed by atoms with E-state index in [1.807, 2.05) is 30.3 Å². The number of para-hydroxylation sites is 1. The number of aromatic nitrogens is 6. The number of rotatable bonds is 5. The molecule has 29 heavy (non-hydrogen) atoms. The summed E-state index contributed by atoms with van der Waals surface area (Å²) in [4.78, 5) is 14.2. The van der Waals surface area contributed by atoms with Gasteiger partial charge in [-0.1, -0.05) is 35.5 Å². The smallest absolute Gasteiger partial charge is 0.192 e.